The second-order valence-corrected chi connectivity index (χ2v) is 9.15. The second kappa shape index (κ2) is 6.79. The third-order valence-corrected chi connectivity index (χ3v) is 6.82. The van der Waals surface area contributed by atoms with Gasteiger partial charge in [0.05, 0.1) is 20.8 Å². The first-order valence-electron chi connectivity index (χ1n) is 8.48. The molecule has 1 heterocycles. The standard InChI is InChI=1S/C21H18N2O2S2/c1-14-7-11-17(12-8-14)27(24,25)23-19-13-16(10-9-15(19)2)21-22-18-5-3-4-6-20(18)26-21/h3-13,23H,1-2H3. The monoisotopic (exact) mass is 394 g/mol. The number of thiazole rings is 1. The van der Waals surface area contributed by atoms with E-state index in [-0.39, 0.29) is 4.90 Å². The fraction of sp³-hybridized carbons (Fsp3) is 0.0952. The van der Waals surface area contributed by atoms with Crippen LogP contribution in [0.2, 0.25) is 0 Å². The molecule has 0 aliphatic heterocycles. The van der Waals surface area contributed by atoms with Crippen LogP contribution in [-0.4, -0.2) is 13.4 Å². The first kappa shape index (κ1) is 17.7. The highest BCUT2D eigenvalue weighted by Crippen LogP contribution is 2.32. The minimum absolute atomic E-state index is 0.248. The molecule has 0 amide bonds. The molecule has 0 saturated carbocycles. The minimum Gasteiger partial charge on any atom is -0.279 e. The summed E-state index contributed by atoms with van der Waals surface area (Å²) in [4.78, 5) is 4.91. The van der Waals surface area contributed by atoms with Gasteiger partial charge in [-0.25, -0.2) is 13.4 Å². The number of fused-ring (bicyclic) bond motifs is 1. The molecule has 4 aromatic rings. The zero-order valence-corrected chi connectivity index (χ0v) is 16.6. The molecule has 4 nitrogen and oxygen atoms in total. The fourth-order valence-electron chi connectivity index (χ4n) is 2.78. The molecule has 0 atom stereocenters. The Labute approximate surface area is 162 Å². The lowest BCUT2D eigenvalue weighted by atomic mass is 10.1. The first-order chi connectivity index (χ1) is 12.9. The molecule has 0 bridgehead atoms. The van der Waals surface area contributed by atoms with Crippen molar-refractivity contribution in [3.05, 3.63) is 77.9 Å². The van der Waals surface area contributed by atoms with Crippen LogP contribution in [-0.2, 0) is 10.0 Å². The fourth-order valence-corrected chi connectivity index (χ4v) is 4.87. The number of nitrogens with one attached hydrogen (secondary N) is 1. The Bertz CT molecular complexity index is 1190. The summed E-state index contributed by atoms with van der Waals surface area (Å²) in [5, 5.41) is 0.868. The number of nitrogens with zero attached hydrogens (tertiary/aromatic N) is 1. The quantitative estimate of drug-likeness (QED) is 0.505. The molecule has 27 heavy (non-hydrogen) atoms. The number of hydrogen-bond donors (Lipinski definition) is 1. The molecule has 0 saturated heterocycles. The summed E-state index contributed by atoms with van der Waals surface area (Å²) in [6, 6.07) is 20.5. The number of anilines is 1. The molecule has 1 N–H and O–H groups in total. The molecule has 0 spiro atoms. The Morgan fingerprint density at radius 1 is 0.926 bits per heavy atom. The lowest BCUT2D eigenvalue weighted by Gasteiger charge is -2.12. The number of para-hydroxylation sites is 1. The van der Waals surface area contributed by atoms with E-state index in [0.717, 1.165) is 31.9 Å². The average molecular weight is 395 g/mol. The molecule has 6 heteroatoms. The maximum absolute atomic E-state index is 12.7. The largest absolute Gasteiger partial charge is 0.279 e. The average Bonchev–Trinajstić information content (AvgIpc) is 3.08. The van der Waals surface area contributed by atoms with Crippen molar-refractivity contribution < 1.29 is 8.42 Å². The zero-order chi connectivity index (χ0) is 19.0. The van der Waals surface area contributed by atoms with Crippen LogP contribution in [0.3, 0.4) is 0 Å². The molecule has 0 radical (unpaired) electrons. The Morgan fingerprint density at radius 3 is 2.41 bits per heavy atom. The third kappa shape index (κ3) is 3.59. The van der Waals surface area contributed by atoms with E-state index in [2.05, 4.69) is 9.71 Å². The van der Waals surface area contributed by atoms with Crippen LogP contribution in [0.1, 0.15) is 11.1 Å². The van der Waals surface area contributed by atoms with E-state index >= 15 is 0 Å². The number of rotatable bonds is 4. The highest BCUT2D eigenvalue weighted by molar-refractivity contribution is 7.92. The summed E-state index contributed by atoms with van der Waals surface area (Å²) < 4.78 is 29.3. The van der Waals surface area contributed by atoms with Gasteiger partial charge in [0.25, 0.3) is 10.0 Å². The van der Waals surface area contributed by atoms with Crippen molar-refractivity contribution in [2.45, 2.75) is 18.7 Å². The molecule has 3 aromatic carbocycles. The van der Waals surface area contributed by atoms with Crippen molar-refractivity contribution in [1.29, 1.82) is 0 Å². The molecule has 0 fully saturated rings. The molecule has 0 aliphatic carbocycles. The van der Waals surface area contributed by atoms with Crippen molar-refractivity contribution >= 4 is 37.3 Å². The lowest BCUT2D eigenvalue weighted by molar-refractivity contribution is 0.601. The van der Waals surface area contributed by atoms with Crippen LogP contribution in [0.4, 0.5) is 5.69 Å². The maximum Gasteiger partial charge on any atom is 0.261 e. The van der Waals surface area contributed by atoms with E-state index in [4.69, 9.17) is 0 Å². The van der Waals surface area contributed by atoms with Crippen molar-refractivity contribution in [3.8, 4) is 10.6 Å². The molecule has 1 aromatic heterocycles. The number of hydrogen-bond acceptors (Lipinski definition) is 4. The third-order valence-electron chi connectivity index (χ3n) is 4.35. The van der Waals surface area contributed by atoms with Crippen LogP contribution >= 0.6 is 11.3 Å². The van der Waals surface area contributed by atoms with Gasteiger partial charge in [-0.15, -0.1) is 11.3 Å². The van der Waals surface area contributed by atoms with Crippen molar-refractivity contribution in [1.82, 2.24) is 4.98 Å². The molecule has 4 rings (SSSR count). The SMILES string of the molecule is Cc1ccc(S(=O)(=O)Nc2cc(-c3nc4ccccc4s3)ccc2C)cc1. The van der Waals surface area contributed by atoms with Crippen LogP contribution in [0.25, 0.3) is 20.8 Å². The number of aryl methyl sites for hydroxylation is 2. The van der Waals surface area contributed by atoms with E-state index < -0.39 is 10.0 Å². The highest BCUT2D eigenvalue weighted by Gasteiger charge is 2.16. The summed E-state index contributed by atoms with van der Waals surface area (Å²) in [6.07, 6.45) is 0. The number of benzene rings is 3. The van der Waals surface area contributed by atoms with Crippen molar-refractivity contribution in [2.24, 2.45) is 0 Å². The molecular weight excluding hydrogens is 376 g/mol. The minimum atomic E-state index is -3.64. The van der Waals surface area contributed by atoms with E-state index in [1.165, 1.54) is 0 Å². The summed E-state index contributed by atoms with van der Waals surface area (Å²) in [6.45, 7) is 3.81. The Balaban J connectivity index is 1.71. The van der Waals surface area contributed by atoms with Gasteiger partial charge < -0.3 is 0 Å². The van der Waals surface area contributed by atoms with Crippen LogP contribution < -0.4 is 4.72 Å². The number of aromatic nitrogens is 1. The van der Waals surface area contributed by atoms with Gasteiger partial charge in [0.1, 0.15) is 5.01 Å². The predicted octanol–water partition coefficient (Wildman–Crippen LogP) is 5.38. The van der Waals surface area contributed by atoms with Crippen LogP contribution in [0.15, 0.2) is 71.6 Å². The van der Waals surface area contributed by atoms with Gasteiger partial charge in [0, 0.05) is 5.56 Å². The van der Waals surface area contributed by atoms with Gasteiger partial charge in [-0.1, -0.05) is 42.0 Å². The number of sulfonamides is 1. The predicted molar refractivity (Wildman–Crippen MR) is 112 cm³/mol. The van der Waals surface area contributed by atoms with Gasteiger partial charge in [0.2, 0.25) is 0 Å². The molecule has 0 aliphatic rings. The Kier molecular flexibility index (Phi) is 4.45. The molecular formula is C21H18N2O2S2. The van der Waals surface area contributed by atoms with Crippen molar-refractivity contribution in [3.63, 3.8) is 0 Å². The van der Waals surface area contributed by atoms with Gasteiger partial charge in [0.15, 0.2) is 0 Å². The van der Waals surface area contributed by atoms with Gasteiger partial charge in [-0.2, -0.15) is 0 Å². The van der Waals surface area contributed by atoms with E-state index in [9.17, 15) is 8.42 Å². The summed E-state index contributed by atoms with van der Waals surface area (Å²) in [7, 11) is -3.64. The topological polar surface area (TPSA) is 59.1 Å². The summed E-state index contributed by atoms with van der Waals surface area (Å²) >= 11 is 1.59. The van der Waals surface area contributed by atoms with Crippen LogP contribution in [0, 0.1) is 13.8 Å². The van der Waals surface area contributed by atoms with E-state index in [1.54, 1.807) is 35.6 Å². The highest BCUT2D eigenvalue weighted by atomic mass is 32.2. The van der Waals surface area contributed by atoms with Gasteiger partial charge in [-0.3, -0.25) is 4.72 Å². The van der Waals surface area contributed by atoms with Crippen LogP contribution in [0.5, 0.6) is 0 Å². The first-order valence-corrected chi connectivity index (χ1v) is 10.8. The normalized spacial score (nSPS) is 11.6. The van der Waals surface area contributed by atoms with Gasteiger partial charge in [-0.05, 0) is 49.7 Å². The summed E-state index contributed by atoms with van der Waals surface area (Å²) in [5.41, 5.74) is 4.27. The molecule has 136 valence electrons. The Hall–Kier alpha value is -2.70. The Morgan fingerprint density at radius 2 is 1.67 bits per heavy atom. The summed E-state index contributed by atoms with van der Waals surface area (Å²) in [5.74, 6) is 0. The smallest absolute Gasteiger partial charge is 0.261 e. The maximum atomic E-state index is 12.7. The van der Waals surface area contributed by atoms with Gasteiger partial charge >= 0.3 is 0 Å². The molecule has 0 unspecified atom stereocenters. The lowest BCUT2D eigenvalue weighted by Crippen LogP contribution is -2.13. The zero-order valence-electron chi connectivity index (χ0n) is 14.9. The second-order valence-electron chi connectivity index (χ2n) is 6.43. The van der Waals surface area contributed by atoms with E-state index in [1.807, 2.05) is 56.3 Å². The van der Waals surface area contributed by atoms with Crippen molar-refractivity contribution in [2.75, 3.05) is 4.72 Å². The van der Waals surface area contributed by atoms with E-state index in [0.29, 0.717) is 5.69 Å².